The van der Waals surface area contributed by atoms with Crippen molar-refractivity contribution in [3.8, 4) is 11.1 Å². The van der Waals surface area contributed by atoms with Crippen LogP contribution in [0.2, 0.25) is 0 Å². The lowest BCUT2D eigenvalue weighted by Crippen LogP contribution is -2.09. The molecule has 0 nitrogen and oxygen atoms in total. The van der Waals surface area contributed by atoms with Gasteiger partial charge in [0.1, 0.15) is 0 Å². The van der Waals surface area contributed by atoms with E-state index in [4.69, 9.17) is 0 Å². The number of fused-ring (bicyclic) bond motifs is 3. The summed E-state index contributed by atoms with van der Waals surface area (Å²) in [6.07, 6.45) is 2.43. The van der Waals surface area contributed by atoms with Crippen LogP contribution in [0.4, 0.5) is 0 Å². The lowest BCUT2D eigenvalue weighted by Gasteiger charge is -2.23. The second-order valence-corrected chi connectivity index (χ2v) is 7.10. The average Bonchev–Trinajstić information content (AvgIpc) is 2.37. The van der Waals surface area contributed by atoms with Crippen LogP contribution in [-0.4, -0.2) is 0 Å². The van der Waals surface area contributed by atoms with E-state index in [-0.39, 0.29) is 0 Å². The maximum absolute atomic E-state index is 3.59. The van der Waals surface area contributed by atoms with Crippen LogP contribution < -0.4 is 0 Å². The molecule has 0 radical (unpaired) electrons. The zero-order chi connectivity index (χ0) is 13.7. The highest BCUT2D eigenvalue weighted by Gasteiger charge is 2.19. The third-order valence-corrected chi connectivity index (χ3v) is 4.98. The Morgan fingerprint density at radius 2 is 1.45 bits per heavy atom. The molecule has 0 fully saturated rings. The molecule has 0 atom stereocenters. The molecule has 2 heteroatoms. The predicted octanol–water partition coefficient (Wildman–Crippen LogP) is 6.13. The Kier molecular flexibility index (Phi) is 2.97. The summed E-state index contributed by atoms with van der Waals surface area (Å²) in [5, 5.41) is 2.78. The van der Waals surface area contributed by atoms with Crippen LogP contribution in [0, 0.1) is 0 Å². The van der Waals surface area contributed by atoms with E-state index in [1.54, 1.807) is 5.56 Å². The molecular formula is C18H12Br2. The predicted molar refractivity (Wildman–Crippen MR) is 92.2 cm³/mol. The summed E-state index contributed by atoms with van der Waals surface area (Å²) in [6, 6.07) is 17.6. The Hall–Kier alpha value is -1.12. The SMILES string of the molecule is Brc1cc(Br)cc(-c2cc3c(c4ccccc24)CC3)c1. The molecule has 3 aromatic rings. The summed E-state index contributed by atoms with van der Waals surface area (Å²) >= 11 is 7.18. The van der Waals surface area contributed by atoms with Gasteiger partial charge in [-0.15, -0.1) is 0 Å². The van der Waals surface area contributed by atoms with Gasteiger partial charge in [0.25, 0.3) is 0 Å². The van der Waals surface area contributed by atoms with E-state index in [9.17, 15) is 0 Å². The van der Waals surface area contributed by atoms with Crippen molar-refractivity contribution < 1.29 is 0 Å². The van der Waals surface area contributed by atoms with Gasteiger partial charge in [-0.05, 0) is 64.1 Å². The smallest absolute Gasteiger partial charge is 0.0192 e. The van der Waals surface area contributed by atoms with Crippen molar-refractivity contribution in [1.82, 2.24) is 0 Å². The van der Waals surface area contributed by atoms with E-state index < -0.39 is 0 Å². The monoisotopic (exact) mass is 386 g/mol. The molecule has 4 rings (SSSR count). The summed E-state index contributed by atoms with van der Waals surface area (Å²) in [5.41, 5.74) is 5.64. The number of rotatable bonds is 1. The normalized spacial score (nSPS) is 13.1. The molecule has 0 aliphatic heterocycles. The van der Waals surface area contributed by atoms with E-state index >= 15 is 0 Å². The van der Waals surface area contributed by atoms with Gasteiger partial charge in [-0.1, -0.05) is 62.2 Å². The van der Waals surface area contributed by atoms with E-state index in [0.29, 0.717) is 0 Å². The average molecular weight is 388 g/mol. The lowest BCUT2D eigenvalue weighted by molar-refractivity contribution is 0.852. The Morgan fingerprint density at radius 3 is 2.10 bits per heavy atom. The highest BCUT2D eigenvalue weighted by Crippen LogP contribution is 2.39. The molecule has 0 bridgehead atoms. The Balaban J connectivity index is 2.07. The van der Waals surface area contributed by atoms with Crippen LogP contribution in [0.3, 0.4) is 0 Å². The molecule has 3 aromatic carbocycles. The van der Waals surface area contributed by atoms with Crippen LogP contribution in [0.25, 0.3) is 21.9 Å². The summed E-state index contributed by atoms with van der Waals surface area (Å²) in [4.78, 5) is 0. The standard InChI is InChI=1S/C18H12Br2/c19-13-7-12(8-14(20)10-13)18-9-11-5-6-15(11)16-3-1-2-4-17(16)18/h1-4,7-10H,5-6H2. The summed E-state index contributed by atoms with van der Waals surface area (Å²) in [7, 11) is 0. The second-order valence-electron chi connectivity index (χ2n) is 5.27. The molecule has 0 heterocycles. The number of halogens is 2. The number of hydrogen-bond acceptors (Lipinski definition) is 0. The van der Waals surface area contributed by atoms with Gasteiger partial charge in [-0.2, -0.15) is 0 Å². The zero-order valence-electron chi connectivity index (χ0n) is 10.8. The topological polar surface area (TPSA) is 0 Å². The van der Waals surface area contributed by atoms with Gasteiger partial charge in [0.2, 0.25) is 0 Å². The van der Waals surface area contributed by atoms with E-state index in [0.717, 1.165) is 8.95 Å². The Labute approximate surface area is 135 Å². The van der Waals surface area contributed by atoms with Crippen LogP contribution in [0.15, 0.2) is 57.5 Å². The maximum Gasteiger partial charge on any atom is 0.0192 e. The van der Waals surface area contributed by atoms with E-state index in [1.165, 1.54) is 40.3 Å². The van der Waals surface area contributed by atoms with Crippen LogP contribution in [0.1, 0.15) is 11.1 Å². The van der Waals surface area contributed by atoms with E-state index in [2.05, 4.69) is 80.4 Å². The summed E-state index contributed by atoms with van der Waals surface area (Å²) in [5.74, 6) is 0. The minimum Gasteiger partial charge on any atom is -0.0616 e. The number of benzene rings is 3. The fourth-order valence-corrected chi connectivity index (χ4v) is 4.34. The van der Waals surface area contributed by atoms with Crippen LogP contribution in [0.5, 0.6) is 0 Å². The zero-order valence-corrected chi connectivity index (χ0v) is 14.0. The lowest BCUT2D eigenvalue weighted by atomic mass is 9.81. The molecule has 0 saturated carbocycles. The minimum absolute atomic E-state index is 1.11. The third-order valence-electron chi connectivity index (χ3n) is 4.07. The van der Waals surface area contributed by atoms with Gasteiger partial charge in [-0.25, -0.2) is 0 Å². The number of hydrogen-bond donors (Lipinski definition) is 0. The molecule has 0 N–H and O–H groups in total. The first-order valence-corrected chi connectivity index (χ1v) is 8.31. The molecule has 0 unspecified atom stereocenters. The van der Waals surface area contributed by atoms with Crippen LogP contribution >= 0.6 is 31.9 Å². The first-order valence-electron chi connectivity index (χ1n) is 6.72. The van der Waals surface area contributed by atoms with Gasteiger partial charge in [0, 0.05) is 8.95 Å². The largest absolute Gasteiger partial charge is 0.0616 e. The van der Waals surface area contributed by atoms with E-state index in [1.807, 2.05) is 0 Å². The molecule has 98 valence electrons. The first-order chi connectivity index (χ1) is 9.72. The molecule has 0 aromatic heterocycles. The highest BCUT2D eigenvalue weighted by atomic mass is 79.9. The number of aryl methyl sites for hydroxylation is 2. The van der Waals surface area contributed by atoms with Crippen molar-refractivity contribution >= 4 is 42.6 Å². The first kappa shape index (κ1) is 12.6. The van der Waals surface area contributed by atoms with Crippen molar-refractivity contribution in [3.05, 3.63) is 68.6 Å². The third kappa shape index (κ3) is 1.94. The summed E-state index contributed by atoms with van der Waals surface area (Å²) in [6.45, 7) is 0. The van der Waals surface area contributed by atoms with Crippen molar-refractivity contribution in [1.29, 1.82) is 0 Å². The molecule has 0 amide bonds. The van der Waals surface area contributed by atoms with Gasteiger partial charge in [-0.3, -0.25) is 0 Å². The van der Waals surface area contributed by atoms with Crippen molar-refractivity contribution in [2.24, 2.45) is 0 Å². The molecule has 1 aliphatic carbocycles. The van der Waals surface area contributed by atoms with Crippen molar-refractivity contribution in [3.63, 3.8) is 0 Å². The van der Waals surface area contributed by atoms with Gasteiger partial charge in [0.15, 0.2) is 0 Å². The Bertz CT molecular complexity index is 814. The molecule has 20 heavy (non-hydrogen) atoms. The minimum atomic E-state index is 1.11. The fraction of sp³-hybridized carbons (Fsp3) is 0.111. The highest BCUT2D eigenvalue weighted by molar-refractivity contribution is 9.11. The Morgan fingerprint density at radius 1 is 0.750 bits per heavy atom. The van der Waals surface area contributed by atoms with Crippen molar-refractivity contribution in [2.45, 2.75) is 12.8 Å². The molecule has 1 aliphatic rings. The summed E-state index contributed by atoms with van der Waals surface area (Å²) < 4.78 is 2.21. The van der Waals surface area contributed by atoms with Crippen LogP contribution in [-0.2, 0) is 12.8 Å². The molecule has 0 saturated heterocycles. The molecule has 0 spiro atoms. The van der Waals surface area contributed by atoms with Crippen molar-refractivity contribution in [2.75, 3.05) is 0 Å². The second kappa shape index (κ2) is 4.71. The molecular weight excluding hydrogens is 376 g/mol. The van der Waals surface area contributed by atoms with Gasteiger partial charge < -0.3 is 0 Å². The fourth-order valence-electron chi connectivity index (χ4n) is 3.04. The van der Waals surface area contributed by atoms with Gasteiger partial charge in [0.05, 0.1) is 0 Å². The quantitative estimate of drug-likeness (QED) is 0.471. The van der Waals surface area contributed by atoms with Gasteiger partial charge >= 0.3 is 0 Å². The maximum atomic E-state index is 3.59.